The third kappa shape index (κ3) is 3.51. The van der Waals surface area contributed by atoms with Crippen LogP contribution in [0.15, 0.2) is 42.7 Å². The number of imidazole rings is 1. The zero-order valence-electron chi connectivity index (χ0n) is 17.7. The van der Waals surface area contributed by atoms with Crippen molar-refractivity contribution in [2.24, 2.45) is 5.92 Å². The summed E-state index contributed by atoms with van der Waals surface area (Å²) < 4.78 is 8.28. The van der Waals surface area contributed by atoms with Crippen molar-refractivity contribution >= 4 is 11.0 Å². The van der Waals surface area contributed by atoms with Gasteiger partial charge in [0, 0.05) is 26.7 Å². The quantitative estimate of drug-likeness (QED) is 0.667. The molecular formula is C25H28N4O. The summed E-state index contributed by atoms with van der Waals surface area (Å²) in [6.45, 7) is 5.22. The van der Waals surface area contributed by atoms with Crippen molar-refractivity contribution in [2.75, 3.05) is 26.7 Å². The minimum Gasteiger partial charge on any atom is -0.378 e. The van der Waals surface area contributed by atoms with E-state index in [2.05, 4.69) is 57.8 Å². The number of nitriles is 1. The first kappa shape index (κ1) is 19.3. The fourth-order valence-electron chi connectivity index (χ4n) is 5.36. The molecule has 2 heterocycles. The molecule has 0 spiro atoms. The Labute approximate surface area is 177 Å². The van der Waals surface area contributed by atoms with Gasteiger partial charge in [0.25, 0.3) is 0 Å². The molecular weight excluding hydrogens is 372 g/mol. The minimum atomic E-state index is 0.159. The molecule has 1 aromatic heterocycles. The van der Waals surface area contributed by atoms with E-state index in [1.54, 1.807) is 0 Å². The number of aromatic nitrogens is 2. The Balaban J connectivity index is 1.27. The number of hydrogen-bond donors (Lipinski definition) is 0. The first-order chi connectivity index (χ1) is 14.6. The Hall–Kier alpha value is -2.68. The maximum absolute atomic E-state index is 9.16. The third-order valence-corrected chi connectivity index (χ3v) is 6.87. The van der Waals surface area contributed by atoms with Crippen LogP contribution in [-0.2, 0) is 17.6 Å². The molecule has 2 aromatic carbocycles. The van der Waals surface area contributed by atoms with E-state index >= 15 is 0 Å². The molecule has 3 aromatic rings. The summed E-state index contributed by atoms with van der Waals surface area (Å²) in [6, 6.07) is 15.2. The van der Waals surface area contributed by atoms with Gasteiger partial charge in [0.05, 0.1) is 41.1 Å². The Bertz CT molecular complexity index is 1110. The van der Waals surface area contributed by atoms with Crippen molar-refractivity contribution in [3.05, 3.63) is 65.0 Å². The van der Waals surface area contributed by atoms with E-state index < -0.39 is 0 Å². The molecule has 1 saturated heterocycles. The van der Waals surface area contributed by atoms with Gasteiger partial charge >= 0.3 is 0 Å². The van der Waals surface area contributed by atoms with E-state index in [1.807, 2.05) is 19.5 Å². The average Bonchev–Trinajstić information content (AvgIpc) is 3.35. The van der Waals surface area contributed by atoms with E-state index in [4.69, 9.17) is 10.00 Å². The molecule has 2 aliphatic rings. The van der Waals surface area contributed by atoms with Crippen LogP contribution in [0.4, 0.5) is 0 Å². The molecule has 5 heteroatoms. The largest absolute Gasteiger partial charge is 0.378 e. The van der Waals surface area contributed by atoms with Crippen LogP contribution < -0.4 is 0 Å². The number of fused-ring (bicyclic) bond motifs is 2. The number of methoxy groups -OCH3 is 1. The summed E-state index contributed by atoms with van der Waals surface area (Å²) in [4.78, 5) is 7.20. The highest BCUT2D eigenvalue weighted by Crippen LogP contribution is 2.32. The summed E-state index contributed by atoms with van der Waals surface area (Å²) in [6.07, 6.45) is 5.40. The van der Waals surface area contributed by atoms with E-state index in [-0.39, 0.29) is 6.10 Å². The topological polar surface area (TPSA) is 54.1 Å². The van der Waals surface area contributed by atoms with Gasteiger partial charge in [-0.2, -0.15) is 5.26 Å². The number of nitrogens with zero attached hydrogens (tertiary/aromatic N) is 4. The average molecular weight is 401 g/mol. The van der Waals surface area contributed by atoms with Crippen LogP contribution >= 0.6 is 0 Å². The second-order valence-electron chi connectivity index (χ2n) is 8.90. The van der Waals surface area contributed by atoms with Gasteiger partial charge in [0.2, 0.25) is 0 Å². The van der Waals surface area contributed by atoms with Crippen LogP contribution in [0, 0.1) is 24.2 Å². The highest BCUT2D eigenvalue weighted by Gasteiger charge is 2.33. The highest BCUT2D eigenvalue weighted by molar-refractivity contribution is 5.76. The van der Waals surface area contributed by atoms with E-state index in [0.29, 0.717) is 12.0 Å². The molecule has 0 unspecified atom stereocenters. The Morgan fingerprint density at radius 2 is 2.03 bits per heavy atom. The van der Waals surface area contributed by atoms with Gasteiger partial charge in [0.1, 0.15) is 0 Å². The summed E-state index contributed by atoms with van der Waals surface area (Å²) in [5.41, 5.74) is 7.05. The molecule has 1 aliphatic heterocycles. The SMILES string of the molecule is CO[C@@H]1CN(C[C@H]2Cc3ccc(C#N)cc3C2)CC[C@@H]1n1cnc2cc(C)ccc21. The minimum absolute atomic E-state index is 0.159. The van der Waals surface area contributed by atoms with Gasteiger partial charge in [-0.3, -0.25) is 0 Å². The number of aryl methyl sites for hydroxylation is 1. The smallest absolute Gasteiger partial charge is 0.0991 e. The second-order valence-corrected chi connectivity index (χ2v) is 8.90. The molecule has 1 aliphatic carbocycles. The van der Waals surface area contributed by atoms with Crippen LogP contribution in [-0.4, -0.2) is 47.3 Å². The normalized spacial score (nSPS) is 24.1. The fourth-order valence-corrected chi connectivity index (χ4v) is 5.36. The molecule has 5 rings (SSSR count). The summed E-state index contributed by atoms with van der Waals surface area (Å²) in [5, 5.41) is 9.16. The van der Waals surface area contributed by atoms with Gasteiger partial charge < -0.3 is 14.2 Å². The van der Waals surface area contributed by atoms with E-state index in [1.165, 1.54) is 22.2 Å². The predicted octanol–water partition coefficient (Wildman–Crippen LogP) is 3.89. The van der Waals surface area contributed by atoms with Gasteiger partial charge in [-0.15, -0.1) is 0 Å². The van der Waals surface area contributed by atoms with E-state index in [9.17, 15) is 0 Å². The van der Waals surface area contributed by atoms with Gasteiger partial charge in [0.15, 0.2) is 0 Å². The molecule has 0 N–H and O–H groups in total. The van der Waals surface area contributed by atoms with Crippen LogP contribution in [0.5, 0.6) is 0 Å². The van der Waals surface area contributed by atoms with Crippen LogP contribution in [0.1, 0.15) is 34.7 Å². The number of likely N-dealkylation sites (tertiary alicyclic amines) is 1. The number of rotatable bonds is 4. The van der Waals surface area contributed by atoms with Crippen LogP contribution in [0.2, 0.25) is 0 Å². The fraction of sp³-hybridized carbons (Fsp3) is 0.440. The zero-order chi connectivity index (χ0) is 20.7. The molecule has 0 radical (unpaired) electrons. The molecule has 0 bridgehead atoms. The van der Waals surface area contributed by atoms with Gasteiger partial charge in [-0.05, 0) is 73.1 Å². The lowest BCUT2D eigenvalue weighted by Crippen LogP contribution is -2.47. The summed E-state index contributed by atoms with van der Waals surface area (Å²) in [7, 11) is 1.83. The monoisotopic (exact) mass is 400 g/mol. The predicted molar refractivity (Wildman–Crippen MR) is 117 cm³/mol. The Morgan fingerprint density at radius 3 is 2.87 bits per heavy atom. The summed E-state index contributed by atoms with van der Waals surface area (Å²) >= 11 is 0. The lowest BCUT2D eigenvalue weighted by Gasteiger charge is -2.39. The number of ether oxygens (including phenoxy) is 1. The first-order valence-electron chi connectivity index (χ1n) is 10.8. The van der Waals surface area contributed by atoms with Crippen molar-refractivity contribution in [1.82, 2.24) is 14.5 Å². The molecule has 5 nitrogen and oxygen atoms in total. The molecule has 154 valence electrons. The van der Waals surface area contributed by atoms with Crippen molar-refractivity contribution in [1.29, 1.82) is 5.26 Å². The first-order valence-corrected chi connectivity index (χ1v) is 10.8. The lowest BCUT2D eigenvalue weighted by atomic mass is 9.98. The Kier molecular flexibility index (Phi) is 5.06. The van der Waals surface area contributed by atoms with Crippen molar-refractivity contribution in [3.63, 3.8) is 0 Å². The van der Waals surface area contributed by atoms with Gasteiger partial charge in [-0.1, -0.05) is 12.1 Å². The standard InChI is InChI=1S/C25H28N4O/c1-17-3-6-23-22(9-17)27-16-29(23)24-7-8-28(15-25(24)30-2)14-19-11-20-5-4-18(13-26)10-21(20)12-19/h3-6,9-10,16,19,24-25H,7-8,11-12,14-15H2,1-2H3/t19-,24-,25+/m0/s1. The maximum atomic E-state index is 9.16. The number of benzene rings is 2. The number of hydrogen-bond acceptors (Lipinski definition) is 4. The third-order valence-electron chi connectivity index (χ3n) is 6.87. The highest BCUT2D eigenvalue weighted by atomic mass is 16.5. The maximum Gasteiger partial charge on any atom is 0.0991 e. The lowest BCUT2D eigenvalue weighted by molar-refractivity contribution is -0.00875. The second kappa shape index (κ2) is 7.86. The van der Waals surface area contributed by atoms with Crippen LogP contribution in [0.25, 0.3) is 11.0 Å². The zero-order valence-corrected chi connectivity index (χ0v) is 17.7. The van der Waals surface area contributed by atoms with Crippen molar-refractivity contribution < 1.29 is 4.74 Å². The summed E-state index contributed by atoms with van der Waals surface area (Å²) in [5.74, 6) is 0.625. The molecule has 0 saturated carbocycles. The van der Waals surface area contributed by atoms with Gasteiger partial charge in [-0.25, -0.2) is 4.98 Å². The molecule has 0 amide bonds. The van der Waals surface area contributed by atoms with Crippen molar-refractivity contribution in [3.8, 4) is 6.07 Å². The van der Waals surface area contributed by atoms with Crippen LogP contribution in [0.3, 0.4) is 0 Å². The molecule has 1 fully saturated rings. The van der Waals surface area contributed by atoms with Crippen molar-refractivity contribution in [2.45, 2.75) is 38.3 Å². The molecule has 3 atom stereocenters. The number of piperidine rings is 1. The Morgan fingerprint density at radius 1 is 1.17 bits per heavy atom. The molecule has 30 heavy (non-hydrogen) atoms. The van der Waals surface area contributed by atoms with E-state index in [0.717, 1.165) is 50.0 Å².